The third-order valence-corrected chi connectivity index (χ3v) is 6.74. The summed E-state index contributed by atoms with van der Waals surface area (Å²) in [5.41, 5.74) is 6.31. The van der Waals surface area contributed by atoms with Crippen LogP contribution in [-0.2, 0) is 25.6 Å². The zero-order valence-corrected chi connectivity index (χ0v) is 21.7. The molecule has 5 atom stereocenters. The first-order valence-corrected chi connectivity index (χ1v) is 13.0. The van der Waals surface area contributed by atoms with Crippen molar-refractivity contribution in [3.8, 4) is 5.75 Å². The number of carbonyl (C=O) groups is 4. The highest BCUT2D eigenvalue weighted by molar-refractivity contribution is 5.94. The van der Waals surface area contributed by atoms with Gasteiger partial charge in [-0.05, 0) is 68.8 Å². The number of rotatable bonds is 15. The average Bonchev–Trinajstić information content (AvgIpc) is 3.42. The predicted molar refractivity (Wildman–Crippen MR) is 139 cm³/mol. The second kappa shape index (κ2) is 15.2. The number of benzene rings is 1. The highest BCUT2D eigenvalue weighted by Gasteiger charge is 2.32. The molecule has 0 spiro atoms. The third kappa shape index (κ3) is 9.66. The van der Waals surface area contributed by atoms with Gasteiger partial charge in [0.2, 0.25) is 17.7 Å². The first kappa shape index (κ1) is 30.0. The smallest absolute Gasteiger partial charge is 0.326 e. The molecule has 0 aliphatic carbocycles. The van der Waals surface area contributed by atoms with Crippen molar-refractivity contribution in [2.75, 3.05) is 13.1 Å². The molecule has 1 fully saturated rings. The Morgan fingerprint density at radius 3 is 2.30 bits per heavy atom. The first-order valence-electron chi connectivity index (χ1n) is 13.0. The van der Waals surface area contributed by atoms with Crippen molar-refractivity contribution in [1.82, 2.24) is 21.3 Å². The molecule has 8 N–H and O–H groups in total. The summed E-state index contributed by atoms with van der Waals surface area (Å²) in [6.45, 7) is 4.71. The van der Waals surface area contributed by atoms with Crippen molar-refractivity contribution < 1.29 is 29.4 Å². The molecular weight excluding hydrogens is 478 g/mol. The molecule has 5 unspecified atom stereocenters. The maximum absolute atomic E-state index is 13.4. The largest absolute Gasteiger partial charge is 0.508 e. The quantitative estimate of drug-likeness (QED) is 0.162. The van der Waals surface area contributed by atoms with Crippen LogP contribution in [0.4, 0.5) is 0 Å². The number of hydrogen-bond donors (Lipinski definition) is 7. The van der Waals surface area contributed by atoms with Gasteiger partial charge in [0.1, 0.15) is 23.9 Å². The third-order valence-electron chi connectivity index (χ3n) is 6.74. The van der Waals surface area contributed by atoms with Crippen LogP contribution in [0.2, 0.25) is 0 Å². The molecule has 3 amide bonds. The standard InChI is InChI=1S/C26H41N5O6/c1-3-16(2)22(26(36)37)31-24(34)20(7-4-5-13-27)29-25(35)21(15-17-9-11-18(32)12-10-17)30-23(33)19-8-6-14-28-19/h9-12,16,19-22,28,32H,3-8,13-15,27H2,1-2H3,(H,29,35)(H,30,33)(H,31,34)(H,36,37). The van der Waals surface area contributed by atoms with Gasteiger partial charge in [-0.3, -0.25) is 14.4 Å². The van der Waals surface area contributed by atoms with Gasteiger partial charge < -0.3 is 37.2 Å². The van der Waals surface area contributed by atoms with Crippen LogP contribution in [0.3, 0.4) is 0 Å². The van der Waals surface area contributed by atoms with E-state index >= 15 is 0 Å². The second-order valence-electron chi connectivity index (χ2n) is 9.64. The Labute approximate surface area is 217 Å². The number of phenolic OH excluding ortho intramolecular Hbond substituents is 1. The molecule has 1 saturated heterocycles. The lowest BCUT2D eigenvalue weighted by molar-refractivity contribution is -0.144. The Bertz CT molecular complexity index is 903. The zero-order chi connectivity index (χ0) is 27.4. The molecule has 0 radical (unpaired) electrons. The number of carboxylic acids is 1. The number of carboxylic acid groups (broad SMARTS) is 1. The summed E-state index contributed by atoms with van der Waals surface area (Å²) in [6.07, 6.45) is 3.67. The Morgan fingerprint density at radius 1 is 1.05 bits per heavy atom. The molecule has 0 bridgehead atoms. The van der Waals surface area contributed by atoms with Crippen molar-refractivity contribution in [3.05, 3.63) is 29.8 Å². The maximum Gasteiger partial charge on any atom is 0.326 e. The molecular formula is C26H41N5O6. The monoisotopic (exact) mass is 519 g/mol. The van der Waals surface area contributed by atoms with Crippen LogP contribution in [0.15, 0.2) is 24.3 Å². The molecule has 1 aliphatic rings. The summed E-state index contributed by atoms with van der Waals surface area (Å²) < 4.78 is 0. The van der Waals surface area contributed by atoms with Gasteiger partial charge in [0, 0.05) is 6.42 Å². The molecule has 37 heavy (non-hydrogen) atoms. The summed E-state index contributed by atoms with van der Waals surface area (Å²) in [4.78, 5) is 51.1. The number of nitrogens with one attached hydrogen (secondary N) is 4. The van der Waals surface area contributed by atoms with Crippen LogP contribution in [0.1, 0.15) is 57.9 Å². The molecule has 0 aromatic heterocycles. The molecule has 1 aliphatic heterocycles. The van der Waals surface area contributed by atoms with E-state index in [-0.39, 0.29) is 30.4 Å². The van der Waals surface area contributed by atoms with Gasteiger partial charge in [-0.1, -0.05) is 32.4 Å². The van der Waals surface area contributed by atoms with E-state index in [9.17, 15) is 29.4 Å². The molecule has 1 aromatic rings. The number of phenols is 1. The summed E-state index contributed by atoms with van der Waals surface area (Å²) >= 11 is 0. The lowest BCUT2D eigenvalue weighted by Gasteiger charge is -2.26. The number of aliphatic carboxylic acids is 1. The van der Waals surface area contributed by atoms with E-state index in [1.165, 1.54) is 12.1 Å². The van der Waals surface area contributed by atoms with Gasteiger partial charge in [-0.25, -0.2) is 4.79 Å². The number of amides is 3. The van der Waals surface area contributed by atoms with Crippen LogP contribution in [0, 0.1) is 5.92 Å². The van der Waals surface area contributed by atoms with E-state index in [0.717, 1.165) is 13.0 Å². The van der Waals surface area contributed by atoms with Crippen LogP contribution < -0.4 is 27.0 Å². The van der Waals surface area contributed by atoms with E-state index in [0.29, 0.717) is 37.8 Å². The van der Waals surface area contributed by atoms with Gasteiger partial charge in [-0.2, -0.15) is 0 Å². The summed E-state index contributed by atoms with van der Waals surface area (Å²) in [5.74, 6) is -2.82. The number of hydrogen-bond acceptors (Lipinski definition) is 7. The van der Waals surface area contributed by atoms with Gasteiger partial charge in [0.15, 0.2) is 0 Å². The van der Waals surface area contributed by atoms with Crippen molar-refractivity contribution in [2.24, 2.45) is 11.7 Å². The maximum atomic E-state index is 13.4. The van der Waals surface area contributed by atoms with E-state index < -0.39 is 42.0 Å². The fraction of sp³-hybridized carbons (Fsp3) is 0.615. The summed E-state index contributed by atoms with van der Waals surface area (Å²) in [6, 6.07) is 2.85. The lowest BCUT2D eigenvalue weighted by atomic mass is 9.98. The van der Waals surface area contributed by atoms with Crippen molar-refractivity contribution in [2.45, 2.75) is 83.0 Å². The Kier molecular flexibility index (Phi) is 12.3. The minimum atomic E-state index is -1.14. The van der Waals surface area contributed by atoms with E-state index in [4.69, 9.17) is 5.73 Å². The van der Waals surface area contributed by atoms with E-state index in [2.05, 4.69) is 21.3 Å². The van der Waals surface area contributed by atoms with Gasteiger partial charge in [0.05, 0.1) is 6.04 Å². The normalized spacial score (nSPS) is 18.3. The van der Waals surface area contributed by atoms with Crippen molar-refractivity contribution >= 4 is 23.7 Å². The fourth-order valence-electron chi connectivity index (χ4n) is 4.23. The van der Waals surface area contributed by atoms with Crippen molar-refractivity contribution in [3.63, 3.8) is 0 Å². The van der Waals surface area contributed by atoms with Crippen LogP contribution >= 0.6 is 0 Å². The molecule has 11 heteroatoms. The SMILES string of the molecule is CCC(C)C(NC(=O)C(CCCCN)NC(=O)C(Cc1ccc(O)cc1)NC(=O)C1CCCN1)C(=O)O. The van der Waals surface area contributed by atoms with Gasteiger partial charge >= 0.3 is 5.97 Å². The second-order valence-corrected chi connectivity index (χ2v) is 9.64. The molecule has 11 nitrogen and oxygen atoms in total. The number of unbranched alkanes of at least 4 members (excludes halogenated alkanes) is 1. The molecule has 2 rings (SSSR count). The van der Waals surface area contributed by atoms with Gasteiger partial charge in [0.25, 0.3) is 0 Å². The topological polar surface area (TPSA) is 183 Å². The average molecular weight is 520 g/mol. The molecule has 0 saturated carbocycles. The fourth-order valence-corrected chi connectivity index (χ4v) is 4.23. The van der Waals surface area contributed by atoms with Crippen LogP contribution in [-0.4, -0.2) is 71.2 Å². The minimum absolute atomic E-state index is 0.0786. The number of nitrogens with two attached hydrogens (primary N) is 1. The highest BCUT2D eigenvalue weighted by Crippen LogP contribution is 2.14. The van der Waals surface area contributed by atoms with Crippen LogP contribution in [0.5, 0.6) is 5.75 Å². The number of carbonyl (C=O) groups excluding carboxylic acids is 3. The zero-order valence-electron chi connectivity index (χ0n) is 21.7. The Hall–Kier alpha value is -3.18. The number of aromatic hydroxyl groups is 1. The lowest BCUT2D eigenvalue weighted by Crippen LogP contribution is -2.58. The van der Waals surface area contributed by atoms with Crippen LogP contribution in [0.25, 0.3) is 0 Å². The van der Waals surface area contributed by atoms with E-state index in [1.807, 2.05) is 6.92 Å². The minimum Gasteiger partial charge on any atom is -0.508 e. The Balaban J connectivity index is 2.21. The van der Waals surface area contributed by atoms with E-state index in [1.54, 1.807) is 19.1 Å². The van der Waals surface area contributed by atoms with Gasteiger partial charge in [-0.15, -0.1) is 0 Å². The molecule has 206 valence electrons. The summed E-state index contributed by atoms with van der Waals surface area (Å²) in [7, 11) is 0. The predicted octanol–water partition coefficient (Wildman–Crippen LogP) is 0.401. The first-order chi connectivity index (χ1) is 17.7. The molecule has 1 aromatic carbocycles. The Morgan fingerprint density at radius 2 is 1.73 bits per heavy atom. The highest BCUT2D eigenvalue weighted by atomic mass is 16.4. The summed E-state index contributed by atoms with van der Waals surface area (Å²) in [5, 5.41) is 30.4. The molecule has 1 heterocycles. The van der Waals surface area contributed by atoms with Crippen molar-refractivity contribution in [1.29, 1.82) is 0 Å².